The summed E-state index contributed by atoms with van der Waals surface area (Å²) in [5.41, 5.74) is 1.20. The van der Waals surface area contributed by atoms with Crippen LogP contribution in [0, 0.1) is 0 Å². The lowest BCUT2D eigenvalue weighted by atomic mass is 10.1. The van der Waals surface area contributed by atoms with Crippen molar-refractivity contribution in [3.8, 4) is 11.5 Å². The molecule has 0 aliphatic carbocycles. The van der Waals surface area contributed by atoms with Crippen LogP contribution in [0.15, 0.2) is 23.2 Å². The van der Waals surface area contributed by atoms with Gasteiger partial charge in [0.25, 0.3) is 0 Å². The third-order valence-corrected chi connectivity index (χ3v) is 3.92. The number of guanidine groups is 1. The van der Waals surface area contributed by atoms with Gasteiger partial charge < -0.3 is 24.8 Å². The quantitative estimate of drug-likeness (QED) is 0.232. The summed E-state index contributed by atoms with van der Waals surface area (Å²) in [5.74, 6) is 2.15. The van der Waals surface area contributed by atoms with E-state index in [1.807, 2.05) is 32.9 Å². The Labute approximate surface area is 168 Å². The van der Waals surface area contributed by atoms with E-state index in [0.29, 0.717) is 32.7 Å². The van der Waals surface area contributed by atoms with Crippen molar-refractivity contribution < 1.29 is 19.0 Å². The van der Waals surface area contributed by atoms with Gasteiger partial charge in [-0.1, -0.05) is 6.07 Å². The van der Waals surface area contributed by atoms with Gasteiger partial charge in [0.15, 0.2) is 17.5 Å². The third-order valence-electron chi connectivity index (χ3n) is 3.92. The molecule has 0 spiro atoms. The van der Waals surface area contributed by atoms with E-state index in [2.05, 4.69) is 21.7 Å². The number of aryl methyl sites for hydroxylation is 1. The SMILES string of the molecule is CCNC(=NCCCc1ccc(OC)c(OCC)c1)NCCCC(=O)OCC. The summed E-state index contributed by atoms with van der Waals surface area (Å²) in [5, 5.41) is 6.47. The van der Waals surface area contributed by atoms with Gasteiger partial charge in [-0.3, -0.25) is 9.79 Å². The topological polar surface area (TPSA) is 81.2 Å². The van der Waals surface area contributed by atoms with Crippen molar-refractivity contribution in [3.63, 3.8) is 0 Å². The molecule has 0 unspecified atom stereocenters. The average molecular weight is 394 g/mol. The van der Waals surface area contributed by atoms with Crippen molar-refractivity contribution in [1.82, 2.24) is 10.6 Å². The lowest BCUT2D eigenvalue weighted by Gasteiger charge is -2.12. The second-order valence-electron chi connectivity index (χ2n) is 6.12. The van der Waals surface area contributed by atoms with Crippen LogP contribution in [-0.2, 0) is 16.0 Å². The van der Waals surface area contributed by atoms with E-state index in [-0.39, 0.29) is 5.97 Å². The van der Waals surface area contributed by atoms with E-state index < -0.39 is 0 Å². The molecular weight excluding hydrogens is 358 g/mol. The monoisotopic (exact) mass is 393 g/mol. The number of esters is 1. The maximum Gasteiger partial charge on any atom is 0.305 e. The molecule has 1 rings (SSSR count). The summed E-state index contributed by atoms with van der Waals surface area (Å²) in [6, 6.07) is 6.04. The highest BCUT2D eigenvalue weighted by Gasteiger charge is 2.06. The number of ether oxygens (including phenoxy) is 3. The molecule has 0 heterocycles. The second-order valence-corrected chi connectivity index (χ2v) is 6.12. The van der Waals surface area contributed by atoms with E-state index in [1.165, 1.54) is 5.56 Å². The van der Waals surface area contributed by atoms with Crippen LogP contribution in [0.25, 0.3) is 0 Å². The number of methoxy groups -OCH3 is 1. The van der Waals surface area contributed by atoms with E-state index in [0.717, 1.165) is 43.3 Å². The minimum atomic E-state index is -0.155. The Morgan fingerprint density at radius 2 is 1.89 bits per heavy atom. The molecule has 0 fully saturated rings. The van der Waals surface area contributed by atoms with Gasteiger partial charge in [-0.2, -0.15) is 0 Å². The molecule has 28 heavy (non-hydrogen) atoms. The molecule has 0 aliphatic heterocycles. The fourth-order valence-corrected chi connectivity index (χ4v) is 2.63. The molecule has 1 aromatic rings. The smallest absolute Gasteiger partial charge is 0.305 e. The summed E-state index contributed by atoms with van der Waals surface area (Å²) in [7, 11) is 1.65. The second kappa shape index (κ2) is 14.6. The number of benzene rings is 1. The maximum absolute atomic E-state index is 11.4. The molecule has 0 radical (unpaired) electrons. The predicted molar refractivity (Wildman–Crippen MR) is 112 cm³/mol. The molecule has 0 amide bonds. The molecule has 7 nitrogen and oxygen atoms in total. The van der Waals surface area contributed by atoms with E-state index in [1.54, 1.807) is 7.11 Å². The van der Waals surface area contributed by atoms with Crippen molar-refractivity contribution in [2.24, 2.45) is 4.99 Å². The molecule has 0 atom stereocenters. The highest BCUT2D eigenvalue weighted by atomic mass is 16.5. The summed E-state index contributed by atoms with van der Waals surface area (Å²) >= 11 is 0. The largest absolute Gasteiger partial charge is 0.493 e. The van der Waals surface area contributed by atoms with Gasteiger partial charge in [0, 0.05) is 26.1 Å². The number of nitrogens with zero attached hydrogens (tertiary/aromatic N) is 1. The van der Waals surface area contributed by atoms with Crippen molar-refractivity contribution >= 4 is 11.9 Å². The van der Waals surface area contributed by atoms with Gasteiger partial charge in [0.2, 0.25) is 0 Å². The van der Waals surface area contributed by atoms with Crippen molar-refractivity contribution in [3.05, 3.63) is 23.8 Å². The van der Waals surface area contributed by atoms with Crippen LogP contribution in [0.2, 0.25) is 0 Å². The van der Waals surface area contributed by atoms with Gasteiger partial charge in [0.05, 0.1) is 20.3 Å². The average Bonchev–Trinajstić information content (AvgIpc) is 2.69. The number of hydrogen-bond donors (Lipinski definition) is 2. The number of carbonyl (C=O) groups is 1. The maximum atomic E-state index is 11.4. The lowest BCUT2D eigenvalue weighted by molar-refractivity contribution is -0.143. The first kappa shape index (κ1) is 23.6. The van der Waals surface area contributed by atoms with Gasteiger partial charge >= 0.3 is 5.97 Å². The molecule has 7 heteroatoms. The van der Waals surface area contributed by atoms with Crippen molar-refractivity contribution in [2.45, 2.75) is 46.5 Å². The number of nitrogens with one attached hydrogen (secondary N) is 2. The third kappa shape index (κ3) is 9.48. The minimum Gasteiger partial charge on any atom is -0.493 e. The normalized spacial score (nSPS) is 11.1. The number of aliphatic imine (C=N–C) groups is 1. The Kier molecular flexibility index (Phi) is 12.3. The van der Waals surface area contributed by atoms with Gasteiger partial charge in [-0.05, 0) is 57.7 Å². The fraction of sp³-hybridized carbons (Fsp3) is 0.619. The highest BCUT2D eigenvalue weighted by Crippen LogP contribution is 2.28. The summed E-state index contributed by atoms with van der Waals surface area (Å²) in [6.07, 6.45) is 2.97. The first-order valence-electron chi connectivity index (χ1n) is 10.1. The molecule has 0 aliphatic rings. The zero-order chi connectivity index (χ0) is 20.6. The number of carbonyl (C=O) groups excluding carboxylic acids is 1. The molecule has 0 saturated carbocycles. The Morgan fingerprint density at radius 3 is 2.57 bits per heavy atom. The van der Waals surface area contributed by atoms with Gasteiger partial charge in [0.1, 0.15) is 0 Å². The highest BCUT2D eigenvalue weighted by molar-refractivity contribution is 5.79. The Balaban J connectivity index is 2.42. The van der Waals surface area contributed by atoms with E-state index in [9.17, 15) is 4.79 Å². The van der Waals surface area contributed by atoms with Crippen LogP contribution in [0.4, 0.5) is 0 Å². The van der Waals surface area contributed by atoms with E-state index in [4.69, 9.17) is 14.2 Å². The van der Waals surface area contributed by atoms with Crippen LogP contribution in [-0.4, -0.2) is 51.9 Å². The lowest BCUT2D eigenvalue weighted by Crippen LogP contribution is -2.38. The number of rotatable bonds is 13. The number of hydrogen-bond acceptors (Lipinski definition) is 5. The Hall–Kier alpha value is -2.44. The first-order valence-corrected chi connectivity index (χ1v) is 10.1. The van der Waals surface area contributed by atoms with Crippen molar-refractivity contribution in [2.75, 3.05) is 40.0 Å². The van der Waals surface area contributed by atoms with Gasteiger partial charge in [-0.25, -0.2) is 0 Å². The molecule has 2 N–H and O–H groups in total. The Morgan fingerprint density at radius 1 is 1.07 bits per heavy atom. The molecule has 1 aromatic carbocycles. The molecule has 0 aromatic heterocycles. The van der Waals surface area contributed by atoms with Crippen LogP contribution >= 0.6 is 0 Å². The van der Waals surface area contributed by atoms with Crippen LogP contribution in [0.3, 0.4) is 0 Å². The van der Waals surface area contributed by atoms with Crippen molar-refractivity contribution in [1.29, 1.82) is 0 Å². The summed E-state index contributed by atoms with van der Waals surface area (Å²) in [6.45, 7) is 9.03. The molecule has 0 bridgehead atoms. The zero-order valence-electron chi connectivity index (χ0n) is 17.7. The van der Waals surface area contributed by atoms with Crippen LogP contribution in [0.1, 0.15) is 45.6 Å². The molecule has 158 valence electrons. The fourth-order valence-electron chi connectivity index (χ4n) is 2.63. The molecular formula is C21H35N3O4. The summed E-state index contributed by atoms with van der Waals surface area (Å²) in [4.78, 5) is 15.9. The molecule has 0 saturated heterocycles. The predicted octanol–water partition coefficient (Wildman–Crippen LogP) is 2.92. The standard InChI is InChI=1S/C21H35N3O4/c1-5-22-21(24-15-9-11-20(25)28-7-3)23-14-8-10-17-12-13-18(26-4)19(16-17)27-6-2/h12-13,16H,5-11,14-15H2,1-4H3,(H2,22,23,24). The van der Waals surface area contributed by atoms with Gasteiger partial charge in [-0.15, -0.1) is 0 Å². The first-order chi connectivity index (χ1) is 13.6. The van der Waals surface area contributed by atoms with E-state index >= 15 is 0 Å². The Bertz CT molecular complexity index is 605. The zero-order valence-corrected chi connectivity index (χ0v) is 17.7. The van der Waals surface area contributed by atoms with Crippen LogP contribution < -0.4 is 20.1 Å². The summed E-state index contributed by atoms with van der Waals surface area (Å²) < 4.78 is 15.9. The minimum absolute atomic E-state index is 0.155. The van der Waals surface area contributed by atoms with Crippen LogP contribution in [0.5, 0.6) is 11.5 Å².